The normalized spacial score (nSPS) is 17.2. The smallest absolute Gasteiger partial charge is 0.177 e. The second kappa shape index (κ2) is 8.27. The predicted octanol–water partition coefficient (Wildman–Crippen LogP) is 2.28. The number of benzene rings is 2. The number of hydrogen-bond donors (Lipinski definition) is 2. The maximum absolute atomic E-state index is 13.9. The molecule has 0 spiro atoms. The average Bonchev–Trinajstić information content (AvgIpc) is 2.64. The maximum Gasteiger partial charge on any atom is 0.177 e. The summed E-state index contributed by atoms with van der Waals surface area (Å²) in [5.41, 5.74) is 1.69. The molecular formula is C19H23FN3OS+. The van der Waals surface area contributed by atoms with Gasteiger partial charge in [0.2, 0.25) is 0 Å². The second-order valence-electron chi connectivity index (χ2n) is 6.20. The Morgan fingerprint density at radius 1 is 1.24 bits per heavy atom. The zero-order valence-corrected chi connectivity index (χ0v) is 15.1. The number of nitrogens with one attached hydrogen (secondary N) is 2. The number of halogens is 1. The van der Waals surface area contributed by atoms with Crippen LogP contribution in [0.4, 0.5) is 10.1 Å². The number of methoxy groups -OCH3 is 1. The Hall–Kier alpha value is -2.18. The number of rotatable bonds is 4. The first-order chi connectivity index (χ1) is 12.2. The summed E-state index contributed by atoms with van der Waals surface area (Å²) >= 11 is 5.56. The van der Waals surface area contributed by atoms with Crippen molar-refractivity contribution in [1.29, 1.82) is 0 Å². The maximum atomic E-state index is 13.9. The summed E-state index contributed by atoms with van der Waals surface area (Å²) < 4.78 is 19.0. The van der Waals surface area contributed by atoms with Crippen LogP contribution in [0.25, 0.3) is 0 Å². The van der Waals surface area contributed by atoms with Crippen molar-refractivity contribution in [3.05, 3.63) is 59.9 Å². The van der Waals surface area contributed by atoms with E-state index in [1.165, 1.54) is 11.0 Å². The van der Waals surface area contributed by atoms with Crippen molar-refractivity contribution < 1.29 is 14.0 Å². The molecule has 25 heavy (non-hydrogen) atoms. The molecule has 0 saturated carbocycles. The number of nitrogens with zero attached hydrogens (tertiary/aromatic N) is 1. The largest absolute Gasteiger partial charge is 0.497 e. The summed E-state index contributed by atoms with van der Waals surface area (Å²) in [7, 11) is 1.65. The molecule has 0 radical (unpaired) electrons. The molecular weight excluding hydrogens is 337 g/mol. The molecule has 1 saturated heterocycles. The lowest BCUT2D eigenvalue weighted by molar-refractivity contribution is -0.927. The van der Waals surface area contributed by atoms with E-state index in [9.17, 15) is 4.39 Å². The first kappa shape index (κ1) is 17.6. The third-order valence-electron chi connectivity index (χ3n) is 4.40. The first-order valence-electron chi connectivity index (χ1n) is 8.42. The molecule has 1 aliphatic rings. The van der Waals surface area contributed by atoms with Gasteiger partial charge in [-0.3, -0.25) is 0 Å². The van der Waals surface area contributed by atoms with Crippen LogP contribution in [0, 0.1) is 5.82 Å². The summed E-state index contributed by atoms with van der Waals surface area (Å²) in [6.07, 6.45) is 1.04. The third-order valence-corrected chi connectivity index (χ3v) is 4.76. The standard InChI is InChI=1S/C19H22FN3OS/c1-24-17-9-7-16(8-10-17)21-19(25)23-12-4-11-22(14-23)13-15-5-2-3-6-18(15)20/h2-3,5-10H,4,11-14H2,1H3,(H,21,25)/p+1. The van der Waals surface area contributed by atoms with E-state index >= 15 is 0 Å². The molecule has 0 amide bonds. The molecule has 1 fully saturated rings. The fourth-order valence-electron chi connectivity index (χ4n) is 3.05. The fraction of sp³-hybridized carbons (Fsp3) is 0.316. The molecule has 6 heteroatoms. The Balaban J connectivity index is 1.58. The van der Waals surface area contributed by atoms with E-state index in [1.807, 2.05) is 36.4 Å². The summed E-state index contributed by atoms with van der Waals surface area (Å²) in [4.78, 5) is 3.47. The molecule has 0 bridgehead atoms. The van der Waals surface area contributed by atoms with Gasteiger partial charge < -0.3 is 19.9 Å². The van der Waals surface area contributed by atoms with Crippen LogP contribution in [0.3, 0.4) is 0 Å². The van der Waals surface area contributed by atoms with Crippen molar-refractivity contribution in [2.24, 2.45) is 0 Å². The molecule has 2 N–H and O–H groups in total. The van der Waals surface area contributed by atoms with Crippen LogP contribution in [0.5, 0.6) is 5.75 Å². The lowest BCUT2D eigenvalue weighted by Crippen LogP contribution is -3.13. The molecule has 2 aromatic carbocycles. The Labute approximate surface area is 153 Å². The van der Waals surface area contributed by atoms with E-state index in [1.54, 1.807) is 13.2 Å². The summed E-state index contributed by atoms with van der Waals surface area (Å²) in [6, 6.07) is 14.7. The summed E-state index contributed by atoms with van der Waals surface area (Å²) in [5.74, 6) is 0.681. The number of hydrogen-bond acceptors (Lipinski definition) is 2. The van der Waals surface area contributed by atoms with Gasteiger partial charge >= 0.3 is 0 Å². The van der Waals surface area contributed by atoms with Gasteiger partial charge in [0.25, 0.3) is 0 Å². The molecule has 0 aliphatic carbocycles. The third kappa shape index (κ3) is 4.67. The van der Waals surface area contributed by atoms with E-state index in [4.69, 9.17) is 17.0 Å². The van der Waals surface area contributed by atoms with E-state index in [0.717, 1.165) is 43.2 Å². The molecule has 132 valence electrons. The van der Waals surface area contributed by atoms with E-state index in [0.29, 0.717) is 11.7 Å². The number of thiocarbonyl (C=S) groups is 1. The second-order valence-corrected chi connectivity index (χ2v) is 6.59. The number of quaternary nitrogens is 1. The topological polar surface area (TPSA) is 28.9 Å². The minimum absolute atomic E-state index is 0.133. The van der Waals surface area contributed by atoms with Gasteiger partial charge in [0.05, 0.1) is 13.7 Å². The molecule has 1 heterocycles. The van der Waals surface area contributed by atoms with Crippen molar-refractivity contribution in [2.75, 3.05) is 32.2 Å². The van der Waals surface area contributed by atoms with Crippen LogP contribution in [0.15, 0.2) is 48.5 Å². The van der Waals surface area contributed by atoms with E-state index < -0.39 is 0 Å². The Kier molecular flexibility index (Phi) is 5.83. The zero-order valence-electron chi connectivity index (χ0n) is 14.3. The van der Waals surface area contributed by atoms with Crippen molar-refractivity contribution in [3.8, 4) is 5.75 Å². The summed E-state index contributed by atoms with van der Waals surface area (Å²) in [5, 5.41) is 3.98. The molecule has 1 atom stereocenters. The summed E-state index contributed by atoms with van der Waals surface area (Å²) in [6.45, 7) is 3.39. The monoisotopic (exact) mass is 360 g/mol. The highest BCUT2D eigenvalue weighted by Gasteiger charge is 2.23. The van der Waals surface area contributed by atoms with Crippen molar-refractivity contribution in [3.63, 3.8) is 0 Å². The quantitative estimate of drug-likeness (QED) is 0.819. The molecule has 2 aromatic rings. The minimum Gasteiger partial charge on any atom is -0.497 e. The highest BCUT2D eigenvalue weighted by atomic mass is 32.1. The highest BCUT2D eigenvalue weighted by molar-refractivity contribution is 7.80. The first-order valence-corrected chi connectivity index (χ1v) is 8.83. The minimum atomic E-state index is -0.133. The SMILES string of the molecule is COc1ccc(NC(=S)N2CCC[NH+](Cc3ccccc3F)C2)cc1. The Morgan fingerprint density at radius 3 is 2.72 bits per heavy atom. The molecule has 4 nitrogen and oxygen atoms in total. The van der Waals surface area contributed by atoms with Gasteiger partial charge in [-0.1, -0.05) is 18.2 Å². The number of ether oxygens (including phenoxy) is 1. The van der Waals surface area contributed by atoms with Gasteiger partial charge in [0.15, 0.2) is 11.8 Å². The van der Waals surface area contributed by atoms with Crippen molar-refractivity contribution >= 4 is 23.0 Å². The lowest BCUT2D eigenvalue weighted by atomic mass is 10.2. The molecule has 1 unspecified atom stereocenters. The lowest BCUT2D eigenvalue weighted by Gasteiger charge is -2.34. The zero-order chi connectivity index (χ0) is 17.6. The van der Waals surface area contributed by atoms with Crippen LogP contribution in [-0.2, 0) is 6.54 Å². The molecule has 1 aliphatic heterocycles. The van der Waals surface area contributed by atoms with Crippen molar-refractivity contribution in [1.82, 2.24) is 4.90 Å². The van der Waals surface area contributed by atoms with Gasteiger partial charge in [-0.25, -0.2) is 4.39 Å². The van der Waals surface area contributed by atoms with Crippen LogP contribution >= 0.6 is 12.2 Å². The van der Waals surface area contributed by atoms with Crippen molar-refractivity contribution in [2.45, 2.75) is 13.0 Å². The predicted molar refractivity (Wildman–Crippen MR) is 101 cm³/mol. The van der Waals surface area contributed by atoms with Crippen LogP contribution < -0.4 is 15.0 Å². The number of anilines is 1. The van der Waals surface area contributed by atoms with Gasteiger partial charge in [0, 0.05) is 24.2 Å². The Bertz CT molecular complexity index is 723. The van der Waals surface area contributed by atoms with Gasteiger partial charge in [-0.15, -0.1) is 0 Å². The van der Waals surface area contributed by atoms with Gasteiger partial charge in [-0.2, -0.15) is 0 Å². The van der Waals surface area contributed by atoms with Gasteiger partial charge in [-0.05, 0) is 42.5 Å². The molecule has 3 rings (SSSR count). The van der Waals surface area contributed by atoms with E-state index in [2.05, 4.69) is 10.2 Å². The van der Waals surface area contributed by atoms with Gasteiger partial charge in [0.1, 0.15) is 18.1 Å². The highest BCUT2D eigenvalue weighted by Crippen LogP contribution is 2.15. The van der Waals surface area contributed by atoms with Crippen LogP contribution in [-0.4, -0.2) is 36.9 Å². The van der Waals surface area contributed by atoms with Crippen LogP contribution in [0.1, 0.15) is 12.0 Å². The van der Waals surface area contributed by atoms with E-state index in [-0.39, 0.29) is 5.82 Å². The molecule has 0 aromatic heterocycles. The Morgan fingerprint density at radius 2 is 2.00 bits per heavy atom. The van der Waals surface area contributed by atoms with Crippen LogP contribution in [0.2, 0.25) is 0 Å². The average molecular weight is 360 g/mol. The fourth-order valence-corrected chi connectivity index (χ4v) is 3.33.